The first kappa shape index (κ1) is 14.5. The van der Waals surface area contributed by atoms with E-state index in [-0.39, 0.29) is 10.9 Å². The van der Waals surface area contributed by atoms with Crippen LogP contribution in [0.15, 0.2) is 23.1 Å². The van der Waals surface area contributed by atoms with Gasteiger partial charge in [-0.15, -0.1) is 0 Å². The molecule has 0 spiro atoms. The second kappa shape index (κ2) is 5.06. The number of benzene rings is 1. The highest BCUT2D eigenvalue weighted by Crippen LogP contribution is 2.45. The van der Waals surface area contributed by atoms with E-state index in [0.29, 0.717) is 11.8 Å². The van der Waals surface area contributed by atoms with Crippen molar-refractivity contribution in [1.82, 2.24) is 4.72 Å². The molecule has 0 aliphatic heterocycles. The number of aromatic carboxylic acids is 1. The van der Waals surface area contributed by atoms with Gasteiger partial charge in [-0.25, -0.2) is 22.3 Å². The molecule has 0 amide bonds. The molecule has 0 radical (unpaired) electrons. The van der Waals surface area contributed by atoms with Crippen LogP contribution in [0, 0.1) is 17.7 Å². The molecular weight excluding hydrogens is 297 g/mol. The van der Waals surface area contributed by atoms with Gasteiger partial charge < -0.3 is 5.11 Å². The van der Waals surface area contributed by atoms with Crippen molar-refractivity contribution in [2.24, 2.45) is 11.8 Å². The summed E-state index contributed by atoms with van der Waals surface area (Å²) in [5, 5.41) is 8.88. The third-order valence-corrected chi connectivity index (χ3v) is 5.49. The van der Waals surface area contributed by atoms with E-state index in [4.69, 9.17) is 5.11 Å². The molecule has 21 heavy (non-hydrogen) atoms. The van der Waals surface area contributed by atoms with Crippen molar-refractivity contribution in [3.05, 3.63) is 29.6 Å². The fourth-order valence-corrected chi connectivity index (χ4v) is 3.97. The monoisotopic (exact) mass is 313 g/mol. The van der Waals surface area contributed by atoms with Crippen molar-refractivity contribution in [3.8, 4) is 0 Å². The Kier molecular flexibility index (Phi) is 3.49. The van der Waals surface area contributed by atoms with Crippen LogP contribution in [0.2, 0.25) is 0 Å². The molecule has 0 bridgehead atoms. The van der Waals surface area contributed by atoms with E-state index in [9.17, 15) is 17.6 Å². The van der Waals surface area contributed by atoms with Gasteiger partial charge in [0.15, 0.2) is 0 Å². The molecular formula is C14H16FNO4S. The molecule has 1 aromatic rings. The lowest BCUT2D eigenvalue weighted by molar-refractivity contribution is 0.0691. The molecule has 2 fully saturated rings. The maximum atomic E-state index is 13.4. The van der Waals surface area contributed by atoms with Gasteiger partial charge >= 0.3 is 5.97 Å². The molecule has 0 unspecified atom stereocenters. The highest BCUT2D eigenvalue weighted by Gasteiger charge is 2.43. The molecule has 0 atom stereocenters. The summed E-state index contributed by atoms with van der Waals surface area (Å²) in [4.78, 5) is 10.7. The first-order chi connectivity index (χ1) is 9.88. The van der Waals surface area contributed by atoms with E-state index in [0.717, 1.165) is 43.9 Å². The van der Waals surface area contributed by atoms with E-state index in [1.807, 2.05) is 0 Å². The number of carboxylic acids is 1. The van der Waals surface area contributed by atoms with Crippen molar-refractivity contribution < 1.29 is 22.7 Å². The standard InChI is InChI=1S/C14H16FNO4S/c15-12-6-5-10(7-11(12)14(17)18)21(19,20)16-13(8-1-2-8)9-3-4-9/h5-9,13,16H,1-4H2,(H,17,18). The summed E-state index contributed by atoms with van der Waals surface area (Å²) >= 11 is 0. The molecule has 2 aliphatic rings. The van der Waals surface area contributed by atoms with Crippen LogP contribution in [0.25, 0.3) is 0 Å². The fraction of sp³-hybridized carbons (Fsp3) is 0.500. The van der Waals surface area contributed by atoms with Crippen LogP contribution >= 0.6 is 0 Å². The molecule has 0 aromatic heterocycles. The van der Waals surface area contributed by atoms with Crippen molar-refractivity contribution in [2.75, 3.05) is 0 Å². The lowest BCUT2D eigenvalue weighted by Gasteiger charge is -2.18. The third kappa shape index (κ3) is 3.08. The van der Waals surface area contributed by atoms with E-state index in [2.05, 4.69) is 4.72 Å². The predicted octanol–water partition coefficient (Wildman–Crippen LogP) is 1.99. The number of hydrogen-bond acceptors (Lipinski definition) is 3. The number of rotatable bonds is 6. The van der Waals surface area contributed by atoms with E-state index in [1.165, 1.54) is 0 Å². The number of carboxylic acid groups (broad SMARTS) is 1. The smallest absolute Gasteiger partial charge is 0.338 e. The molecule has 114 valence electrons. The van der Waals surface area contributed by atoms with E-state index < -0.39 is 27.4 Å². The molecule has 1 aromatic carbocycles. The quantitative estimate of drug-likeness (QED) is 0.841. The second-order valence-electron chi connectivity index (χ2n) is 5.77. The van der Waals surface area contributed by atoms with E-state index in [1.54, 1.807) is 0 Å². The summed E-state index contributed by atoms with van der Waals surface area (Å²) in [6, 6.07) is 2.77. The molecule has 0 heterocycles. The molecule has 2 saturated carbocycles. The van der Waals surface area contributed by atoms with Gasteiger partial charge in [-0.1, -0.05) is 0 Å². The second-order valence-corrected chi connectivity index (χ2v) is 7.48. The highest BCUT2D eigenvalue weighted by molar-refractivity contribution is 7.89. The van der Waals surface area contributed by atoms with Crippen molar-refractivity contribution in [1.29, 1.82) is 0 Å². The van der Waals surface area contributed by atoms with Gasteiger partial charge in [0.05, 0.1) is 10.5 Å². The highest BCUT2D eigenvalue weighted by atomic mass is 32.2. The summed E-state index contributed by atoms with van der Waals surface area (Å²) in [5.41, 5.74) is -0.632. The number of nitrogens with one attached hydrogen (secondary N) is 1. The Hall–Kier alpha value is -1.47. The maximum Gasteiger partial charge on any atom is 0.338 e. The van der Waals surface area contributed by atoms with Gasteiger partial charge in [0.25, 0.3) is 0 Å². The zero-order valence-corrected chi connectivity index (χ0v) is 12.1. The molecule has 0 saturated heterocycles. The Balaban J connectivity index is 1.87. The van der Waals surface area contributed by atoms with Gasteiger partial charge in [0.1, 0.15) is 5.82 Å². The first-order valence-electron chi connectivity index (χ1n) is 6.93. The van der Waals surface area contributed by atoms with Crippen LogP contribution in [0.1, 0.15) is 36.0 Å². The zero-order valence-electron chi connectivity index (χ0n) is 11.3. The van der Waals surface area contributed by atoms with E-state index >= 15 is 0 Å². The molecule has 2 aliphatic carbocycles. The van der Waals surface area contributed by atoms with Gasteiger partial charge in [-0.3, -0.25) is 0 Å². The molecule has 3 rings (SSSR count). The zero-order chi connectivity index (χ0) is 15.2. The Bertz CT molecular complexity index is 668. The predicted molar refractivity (Wildman–Crippen MR) is 72.9 cm³/mol. The Morgan fingerprint density at radius 1 is 1.24 bits per heavy atom. The van der Waals surface area contributed by atoms with Gasteiger partial charge in [0, 0.05) is 6.04 Å². The number of carbonyl (C=O) groups is 1. The normalized spacial score (nSPS) is 19.0. The molecule has 2 N–H and O–H groups in total. The van der Waals surface area contributed by atoms with Crippen molar-refractivity contribution in [2.45, 2.75) is 36.6 Å². The van der Waals surface area contributed by atoms with Gasteiger partial charge in [-0.2, -0.15) is 0 Å². The molecule has 5 nitrogen and oxygen atoms in total. The number of hydrogen-bond donors (Lipinski definition) is 2. The number of sulfonamides is 1. The van der Waals surface area contributed by atoms with Crippen LogP contribution in [-0.2, 0) is 10.0 Å². The molecule has 7 heteroatoms. The Labute approximate surface area is 122 Å². The largest absolute Gasteiger partial charge is 0.478 e. The van der Waals surface area contributed by atoms with Gasteiger partial charge in [-0.05, 0) is 55.7 Å². The topological polar surface area (TPSA) is 83.5 Å². The lowest BCUT2D eigenvalue weighted by Crippen LogP contribution is -2.38. The summed E-state index contributed by atoms with van der Waals surface area (Å²) in [6.45, 7) is 0. The summed E-state index contributed by atoms with van der Waals surface area (Å²) in [5.74, 6) is -1.66. The van der Waals surface area contributed by atoms with Crippen LogP contribution < -0.4 is 4.72 Å². The Morgan fingerprint density at radius 3 is 2.29 bits per heavy atom. The van der Waals surface area contributed by atoms with Crippen LogP contribution in [0.5, 0.6) is 0 Å². The minimum absolute atomic E-state index is 0.0756. The van der Waals surface area contributed by atoms with Gasteiger partial charge in [0.2, 0.25) is 10.0 Å². The average molecular weight is 313 g/mol. The summed E-state index contributed by atoms with van der Waals surface area (Å²) < 4.78 is 40.8. The van der Waals surface area contributed by atoms with Crippen LogP contribution in [0.3, 0.4) is 0 Å². The average Bonchev–Trinajstić information content (AvgIpc) is 3.27. The van der Waals surface area contributed by atoms with Crippen molar-refractivity contribution in [3.63, 3.8) is 0 Å². The minimum Gasteiger partial charge on any atom is -0.478 e. The maximum absolute atomic E-state index is 13.4. The summed E-state index contributed by atoms with van der Waals surface area (Å²) in [7, 11) is -3.82. The number of halogens is 1. The SMILES string of the molecule is O=C(O)c1cc(S(=O)(=O)NC(C2CC2)C2CC2)ccc1F. The van der Waals surface area contributed by atoms with Crippen LogP contribution in [-0.4, -0.2) is 25.5 Å². The lowest BCUT2D eigenvalue weighted by atomic mass is 10.1. The summed E-state index contributed by atoms with van der Waals surface area (Å²) in [6.07, 6.45) is 4.09. The van der Waals surface area contributed by atoms with Crippen LogP contribution in [0.4, 0.5) is 4.39 Å². The Morgan fingerprint density at radius 2 is 1.81 bits per heavy atom. The third-order valence-electron chi connectivity index (χ3n) is 4.03. The first-order valence-corrected chi connectivity index (χ1v) is 8.42. The van der Waals surface area contributed by atoms with Crippen molar-refractivity contribution >= 4 is 16.0 Å². The fourth-order valence-electron chi connectivity index (χ4n) is 2.57. The minimum atomic E-state index is -3.82.